The Balaban J connectivity index is 2.13. The molecule has 0 bridgehead atoms. The number of ether oxygens (including phenoxy) is 1. The molecular weight excluding hydrogens is 311 g/mol. The van der Waals surface area contributed by atoms with Crippen LogP contribution in [-0.2, 0) is 6.61 Å². The summed E-state index contributed by atoms with van der Waals surface area (Å²) in [4.78, 5) is 0. The van der Waals surface area contributed by atoms with Crippen LogP contribution in [-0.4, -0.2) is 0 Å². The minimum absolute atomic E-state index is 0.0589. The first-order chi connectivity index (χ1) is 9.10. The molecule has 0 heterocycles. The van der Waals surface area contributed by atoms with E-state index in [9.17, 15) is 4.39 Å². The highest BCUT2D eigenvalue weighted by Crippen LogP contribution is 2.26. The van der Waals surface area contributed by atoms with E-state index in [-0.39, 0.29) is 12.2 Å². The van der Waals surface area contributed by atoms with Gasteiger partial charge in [0.25, 0.3) is 0 Å². The molecule has 0 fully saturated rings. The number of hydrogen-bond acceptors (Lipinski definition) is 3. The van der Waals surface area contributed by atoms with Crippen LogP contribution >= 0.6 is 15.9 Å². The molecule has 0 amide bonds. The maximum absolute atomic E-state index is 13.6. The molecule has 0 aliphatic carbocycles. The summed E-state index contributed by atoms with van der Waals surface area (Å²) in [7, 11) is 0. The van der Waals surface area contributed by atoms with E-state index in [4.69, 9.17) is 15.7 Å². The topological polar surface area (TPSA) is 59.0 Å². The van der Waals surface area contributed by atoms with Gasteiger partial charge in [-0.1, -0.05) is 22.0 Å². The SMILES string of the molecule is N#Cc1ccc(COc2ccc(Br)cc2N)c(F)c1. The van der Waals surface area contributed by atoms with Crippen LogP contribution in [0, 0.1) is 17.1 Å². The summed E-state index contributed by atoms with van der Waals surface area (Å²) < 4.78 is 19.9. The lowest BCUT2D eigenvalue weighted by Crippen LogP contribution is -2.01. The van der Waals surface area contributed by atoms with Crippen molar-refractivity contribution < 1.29 is 9.13 Å². The van der Waals surface area contributed by atoms with Gasteiger partial charge in [0, 0.05) is 10.0 Å². The van der Waals surface area contributed by atoms with Crippen LogP contribution in [0.5, 0.6) is 5.75 Å². The van der Waals surface area contributed by atoms with E-state index in [2.05, 4.69) is 15.9 Å². The van der Waals surface area contributed by atoms with Crippen molar-refractivity contribution in [3.05, 3.63) is 57.8 Å². The van der Waals surface area contributed by atoms with E-state index in [0.29, 0.717) is 17.0 Å². The third-order valence-electron chi connectivity index (χ3n) is 2.54. The monoisotopic (exact) mass is 320 g/mol. The highest BCUT2D eigenvalue weighted by atomic mass is 79.9. The van der Waals surface area contributed by atoms with Crippen molar-refractivity contribution in [2.24, 2.45) is 0 Å². The average Bonchev–Trinajstić information content (AvgIpc) is 2.39. The molecular formula is C14H10BrFN2O. The molecule has 19 heavy (non-hydrogen) atoms. The lowest BCUT2D eigenvalue weighted by molar-refractivity contribution is 0.301. The number of hydrogen-bond donors (Lipinski definition) is 1. The number of anilines is 1. The molecule has 3 nitrogen and oxygen atoms in total. The Kier molecular flexibility index (Phi) is 4.03. The molecule has 0 saturated heterocycles. The molecule has 0 atom stereocenters. The molecule has 2 N–H and O–H groups in total. The van der Waals surface area contributed by atoms with Gasteiger partial charge in [-0.2, -0.15) is 5.26 Å². The van der Waals surface area contributed by atoms with Gasteiger partial charge in [0.1, 0.15) is 18.2 Å². The van der Waals surface area contributed by atoms with Gasteiger partial charge in [-0.25, -0.2) is 4.39 Å². The van der Waals surface area contributed by atoms with Crippen LogP contribution in [0.2, 0.25) is 0 Å². The molecule has 2 aromatic carbocycles. The van der Waals surface area contributed by atoms with E-state index < -0.39 is 5.82 Å². The fraction of sp³-hybridized carbons (Fsp3) is 0.0714. The standard InChI is InChI=1S/C14H10BrFN2O/c15-11-3-4-14(13(18)6-11)19-8-10-2-1-9(7-17)5-12(10)16/h1-6H,8,18H2. The van der Waals surface area contributed by atoms with Crippen LogP contribution in [0.15, 0.2) is 40.9 Å². The number of nitrogens with zero attached hydrogens (tertiary/aromatic N) is 1. The van der Waals surface area contributed by atoms with Crippen molar-refractivity contribution in [3.63, 3.8) is 0 Å². The summed E-state index contributed by atoms with van der Waals surface area (Å²) >= 11 is 3.29. The molecule has 0 saturated carbocycles. The Morgan fingerprint density at radius 2 is 2.05 bits per heavy atom. The van der Waals surface area contributed by atoms with E-state index in [1.54, 1.807) is 24.3 Å². The second kappa shape index (κ2) is 5.72. The summed E-state index contributed by atoms with van der Waals surface area (Å²) in [5.41, 5.74) is 6.91. The quantitative estimate of drug-likeness (QED) is 0.879. The zero-order chi connectivity index (χ0) is 13.8. The van der Waals surface area contributed by atoms with Gasteiger partial charge in [0.05, 0.1) is 17.3 Å². The molecule has 0 unspecified atom stereocenters. The first kappa shape index (κ1) is 13.4. The van der Waals surface area contributed by atoms with Gasteiger partial charge in [-0.3, -0.25) is 0 Å². The van der Waals surface area contributed by atoms with Gasteiger partial charge < -0.3 is 10.5 Å². The number of halogens is 2. The van der Waals surface area contributed by atoms with Crippen LogP contribution in [0.1, 0.15) is 11.1 Å². The van der Waals surface area contributed by atoms with Crippen LogP contribution in [0.4, 0.5) is 10.1 Å². The van der Waals surface area contributed by atoms with Crippen molar-refractivity contribution in [1.29, 1.82) is 5.26 Å². The third kappa shape index (κ3) is 3.24. The summed E-state index contributed by atoms with van der Waals surface area (Å²) in [6, 6.07) is 11.4. The van der Waals surface area contributed by atoms with Crippen molar-refractivity contribution >= 4 is 21.6 Å². The molecule has 5 heteroatoms. The summed E-state index contributed by atoms with van der Waals surface area (Å²) in [5, 5.41) is 8.65. The lowest BCUT2D eigenvalue weighted by Gasteiger charge is -2.09. The lowest BCUT2D eigenvalue weighted by atomic mass is 10.1. The number of rotatable bonds is 3. The highest BCUT2D eigenvalue weighted by Gasteiger charge is 2.06. The number of nitriles is 1. The fourth-order valence-electron chi connectivity index (χ4n) is 1.54. The van der Waals surface area contributed by atoms with Gasteiger partial charge in [-0.15, -0.1) is 0 Å². The maximum atomic E-state index is 13.6. The van der Waals surface area contributed by atoms with Gasteiger partial charge in [-0.05, 0) is 30.3 Å². The Morgan fingerprint density at radius 1 is 1.26 bits per heavy atom. The normalized spacial score (nSPS) is 9.95. The predicted octanol–water partition coefficient (Wildman–Crippen LogP) is 3.62. The van der Waals surface area contributed by atoms with Crippen LogP contribution in [0.3, 0.4) is 0 Å². The average molecular weight is 321 g/mol. The third-order valence-corrected chi connectivity index (χ3v) is 3.03. The number of nitrogens with two attached hydrogens (primary N) is 1. The van der Waals surface area contributed by atoms with Crippen molar-refractivity contribution in [3.8, 4) is 11.8 Å². The number of benzene rings is 2. The molecule has 0 radical (unpaired) electrons. The molecule has 2 rings (SSSR count). The van der Waals surface area contributed by atoms with Crippen molar-refractivity contribution in [2.75, 3.05) is 5.73 Å². The van der Waals surface area contributed by atoms with E-state index in [0.717, 1.165) is 4.47 Å². The van der Waals surface area contributed by atoms with E-state index >= 15 is 0 Å². The van der Waals surface area contributed by atoms with E-state index in [1.165, 1.54) is 12.1 Å². The first-order valence-corrected chi connectivity index (χ1v) is 6.26. The van der Waals surface area contributed by atoms with Gasteiger partial charge in [0.15, 0.2) is 0 Å². The molecule has 0 aliphatic rings. The smallest absolute Gasteiger partial charge is 0.142 e. The molecule has 0 spiro atoms. The van der Waals surface area contributed by atoms with Gasteiger partial charge in [0.2, 0.25) is 0 Å². The summed E-state index contributed by atoms with van der Waals surface area (Å²) in [5.74, 6) is 0.0293. The number of nitrogen functional groups attached to an aromatic ring is 1. The minimum atomic E-state index is -0.463. The van der Waals surface area contributed by atoms with Crippen LogP contribution < -0.4 is 10.5 Å². The fourth-order valence-corrected chi connectivity index (χ4v) is 1.92. The van der Waals surface area contributed by atoms with Crippen molar-refractivity contribution in [1.82, 2.24) is 0 Å². The Hall–Kier alpha value is -2.06. The second-order valence-corrected chi connectivity index (χ2v) is 4.80. The predicted molar refractivity (Wildman–Crippen MR) is 74.0 cm³/mol. The van der Waals surface area contributed by atoms with E-state index in [1.807, 2.05) is 6.07 Å². The zero-order valence-electron chi connectivity index (χ0n) is 9.86. The Labute approximate surface area is 118 Å². The zero-order valence-corrected chi connectivity index (χ0v) is 11.4. The maximum Gasteiger partial charge on any atom is 0.142 e. The van der Waals surface area contributed by atoms with Crippen LogP contribution in [0.25, 0.3) is 0 Å². The summed E-state index contributed by atoms with van der Waals surface area (Å²) in [6.45, 7) is 0.0589. The molecule has 0 aromatic heterocycles. The Bertz CT molecular complexity index is 652. The Morgan fingerprint density at radius 3 is 2.68 bits per heavy atom. The van der Waals surface area contributed by atoms with Crippen molar-refractivity contribution in [2.45, 2.75) is 6.61 Å². The highest BCUT2D eigenvalue weighted by molar-refractivity contribution is 9.10. The second-order valence-electron chi connectivity index (χ2n) is 3.89. The largest absolute Gasteiger partial charge is 0.487 e. The molecule has 0 aliphatic heterocycles. The molecule has 2 aromatic rings. The van der Waals surface area contributed by atoms with Gasteiger partial charge >= 0.3 is 0 Å². The minimum Gasteiger partial charge on any atom is -0.487 e. The first-order valence-electron chi connectivity index (χ1n) is 5.46. The molecule has 96 valence electrons. The summed E-state index contributed by atoms with van der Waals surface area (Å²) in [6.07, 6.45) is 0.